The second-order valence-electron chi connectivity index (χ2n) is 9.86. The van der Waals surface area contributed by atoms with Crippen molar-refractivity contribution in [3.8, 4) is 0 Å². The highest BCUT2D eigenvalue weighted by atomic mass is 16.3. The first-order valence-electron chi connectivity index (χ1n) is 10.3. The normalized spacial score (nSPS) is 20.5. The lowest BCUT2D eigenvalue weighted by Gasteiger charge is -2.41. The molecule has 3 nitrogen and oxygen atoms in total. The fraction of sp³-hybridized carbons (Fsp3) is 0.739. The SMILES string of the molecule is CC(C)(C)c1ccc(CC(NCCCO)[C@@H]2CCCN2C(C)(C)C)cc1. The highest BCUT2D eigenvalue weighted by Gasteiger charge is 2.37. The van der Waals surface area contributed by atoms with E-state index in [4.69, 9.17) is 0 Å². The molecule has 0 bridgehead atoms. The van der Waals surface area contributed by atoms with Crippen LogP contribution < -0.4 is 5.32 Å². The van der Waals surface area contributed by atoms with Gasteiger partial charge in [-0.25, -0.2) is 0 Å². The fourth-order valence-corrected chi connectivity index (χ4v) is 4.15. The third-order valence-electron chi connectivity index (χ3n) is 5.64. The third-order valence-corrected chi connectivity index (χ3v) is 5.64. The molecular weight excluding hydrogens is 320 g/mol. The quantitative estimate of drug-likeness (QED) is 0.718. The molecule has 148 valence electrons. The van der Waals surface area contributed by atoms with Crippen molar-refractivity contribution < 1.29 is 5.11 Å². The molecule has 1 unspecified atom stereocenters. The lowest BCUT2D eigenvalue weighted by molar-refractivity contribution is 0.0965. The molecule has 1 aromatic rings. The van der Waals surface area contributed by atoms with Crippen LogP contribution in [0.1, 0.15) is 71.9 Å². The maximum atomic E-state index is 9.17. The Morgan fingerprint density at radius 3 is 2.31 bits per heavy atom. The summed E-state index contributed by atoms with van der Waals surface area (Å²) in [6.45, 7) is 16.1. The molecule has 0 saturated carbocycles. The summed E-state index contributed by atoms with van der Waals surface area (Å²) in [5.74, 6) is 0. The summed E-state index contributed by atoms with van der Waals surface area (Å²) in [5, 5.41) is 12.9. The number of aliphatic hydroxyl groups is 1. The summed E-state index contributed by atoms with van der Waals surface area (Å²) < 4.78 is 0. The molecule has 1 saturated heterocycles. The van der Waals surface area contributed by atoms with Gasteiger partial charge in [-0.15, -0.1) is 0 Å². The average Bonchev–Trinajstić information content (AvgIpc) is 3.03. The zero-order chi connectivity index (χ0) is 19.4. The Hall–Kier alpha value is -0.900. The van der Waals surface area contributed by atoms with E-state index in [0.717, 1.165) is 19.4 Å². The van der Waals surface area contributed by atoms with Crippen molar-refractivity contribution in [3.05, 3.63) is 35.4 Å². The summed E-state index contributed by atoms with van der Waals surface area (Å²) in [5.41, 5.74) is 3.20. The van der Waals surface area contributed by atoms with Crippen LogP contribution in [0.5, 0.6) is 0 Å². The third kappa shape index (κ3) is 5.80. The highest BCUT2D eigenvalue weighted by molar-refractivity contribution is 5.28. The second-order valence-corrected chi connectivity index (χ2v) is 9.86. The number of hydrogen-bond donors (Lipinski definition) is 2. The largest absolute Gasteiger partial charge is 0.396 e. The van der Waals surface area contributed by atoms with Gasteiger partial charge in [0.15, 0.2) is 0 Å². The molecular formula is C23H40N2O. The van der Waals surface area contributed by atoms with Gasteiger partial charge in [-0.1, -0.05) is 45.0 Å². The van der Waals surface area contributed by atoms with E-state index in [2.05, 4.69) is 76.0 Å². The molecule has 3 heteroatoms. The Balaban J connectivity index is 2.14. The molecule has 2 N–H and O–H groups in total. The van der Waals surface area contributed by atoms with E-state index in [-0.39, 0.29) is 17.6 Å². The monoisotopic (exact) mass is 360 g/mol. The maximum Gasteiger partial charge on any atom is 0.0443 e. The first kappa shape index (κ1) is 21.4. The average molecular weight is 361 g/mol. The number of likely N-dealkylation sites (tertiary alicyclic amines) is 1. The minimum absolute atomic E-state index is 0.200. The van der Waals surface area contributed by atoms with Crippen LogP contribution in [0, 0.1) is 0 Å². The topological polar surface area (TPSA) is 35.5 Å². The van der Waals surface area contributed by atoms with Crippen LogP contribution in [-0.4, -0.2) is 47.3 Å². The summed E-state index contributed by atoms with van der Waals surface area (Å²) in [6.07, 6.45) is 4.41. The van der Waals surface area contributed by atoms with Crippen molar-refractivity contribution >= 4 is 0 Å². The van der Waals surface area contributed by atoms with E-state index in [9.17, 15) is 5.11 Å². The van der Waals surface area contributed by atoms with Crippen LogP contribution in [0.15, 0.2) is 24.3 Å². The summed E-state index contributed by atoms with van der Waals surface area (Å²) in [4.78, 5) is 2.67. The Kier molecular flexibility index (Phi) is 7.29. The molecule has 1 aliphatic rings. The molecule has 2 rings (SSSR count). The summed E-state index contributed by atoms with van der Waals surface area (Å²) >= 11 is 0. The Labute approximate surface area is 161 Å². The maximum absolute atomic E-state index is 9.17. The van der Waals surface area contributed by atoms with Gasteiger partial charge in [0, 0.05) is 24.2 Å². The van der Waals surface area contributed by atoms with Gasteiger partial charge in [-0.3, -0.25) is 4.90 Å². The second kappa shape index (κ2) is 8.86. The van der Waals surface area contributed by atoms with E-state index in [1.54, 1.807) is 0 Å². The molecule has 0 spiro atoms. The first-order chi connectivity index (χ1) is 12.1. The number of aliphatic hydroxyl groups excluding tert-OH is 1. The molecule has 0 radical (unpaired) electrons. The molecule has 1 aliphatic heterocycles. The van der Waals surface area contributed by atoms with Gasteiger partial charge in [0.2, 0.25) is 0 Å². The number of nitrogens with one attached hydrogen (secondary N) is 1. The number of benzene rings is 1. The van der Waals surface area contributed by atoms with Crippen molar-refractivity contribution in [1.82, 2.24) is 10.2 Å². The zero-order valence-corrected chi connectivity index (χ0v) is 17.8. The highest BCUT2D eigenvalue weighted by Crippen LogP contribution is 2.30. The lowest BCUT2D eigenvalue weighted by atomic mass is 9.86. The van der Waals surface area contributed by atoms with Crippen LogP contribution in [0.3, 0.4) is 0 Å². The standard InChI is InChI=1S/C23H40N2O/c1-22(2,3)19-12-10-18(11-13-19)17-20(24-14-8-16-26)21-9-7-15-25(21)23(4,5)6/h10-13,20-21,24,26H,7-9,14-17H2,1-6H3/t20?,21-/m0/s1. The van der Waals surface area contributed by atoms with Crippen LogP contribution in [0.2, 0.25) is 0 Å². The minimum atomic E-state index is 0.200. The summed E-state index contributed by atoms with van der Waals surface area (Å²) in [6, 6.07) is 10.2. The van der Waals surface area contributed by atoms with Crippen molar-refractivity contribution in [1.29, 1.82) is 0 Å². The van der Waals surface area contributed by atoms with Crippen LogP contribution in [0.4, 0.5) is 0 Å². The smallest absolute Gasteiger partial charge is 0.0443 e. The minimum Gasteiger partial charge on any atom is -0.396 e. The van der Waals surface area contributed by atoms with Gasteiger partial charge < -0.3 is 10.4 Å². The molecule has 0 amide bonds. The van der Waals surface area contributed by atoms with E-state index in [0.29, 0.717) is 12.1 Å². The van der Waals surface area contributed by atoms with Crippen LogP contribution in [0.25, 0.3) is 0 Å². The Morgan fingerprint density at radius 2 is 1.77 bits per heavy atom. The predicted molar refractivity (Wildman–Crippen MR) is 112 cm³/mol. The lowest BCUT2D eigenvalue weighted by Crippen LogP contribution is -2.54. The van der Waals surface area contributed by atoms with Crippen LogP contribution >= 0.6 is 0 Å². The van der Waals surface area contributed by atoms with Crippen LogP contribution in [-0.2, 0) is 11.8 Å². The van der Waals surface area contributed by atoms with E-state index >= 15 is 0 Å². The number of rotatable bonds is 7. The van der Waals surface area contributed by atoms with Gasteiger partial charge in [0.05, 0.1) is 0 Å². The fourth-order valence-electron chi connectivity index (χ4n) is 4.15. The molecule has 1 heterocycles. The summed E-state index contributed by atoms with van der Waals surface area (Å²) in [7, 11) is 0. The first-order valence-corrected chi connectivity index (χ1v) is 10.3. The van der Waals surface area contributed by atoms with Gasteiger partial charge in [-0.2, -0.15) is 0 Å². The van der Waals surface area contributed by atoms with E-state index in [1.807, 2.05) is 0 Å². The Bertz CT molecular complexity index is 539. The molecule has 26 heavy (non-hydrogen) atoms. The molecule has 1 fully saturated rings. The van der Waals surface area contributed by atoms with Crippen molar-refractivity contribution in [3.63, 3.8) is 0 Å². The van der Waals surface area contributed by atoms with E-state index < -0.39 is 0 Å². The van der Waals surface area contributed by atoms with E-state index in [1.165, 1.54) is 30.5 Å². The number of hydrogen-bond acceptors (Lipinski definition) is 3. The molecule has 1 aromatic carbocycles. The van der Waals surface area contributed by atoms with Gasteiger partial charge >= 0.3 is 0 Å². The number of nitrogens with zero attached hydrogens (tertiary/aromatic N) is 1. The van der Waals surface area contributed by atoms with Crippen molar-refractivity contribution in [2.24, 2.45) is 0 Å². The van der Waals surface area contributed by atoms with Gasteiger partial charge in [-0.05, 0) is 76.1 Å². The molecule has 2 atom stereocenters. The predicted octanol–water partition coefficient (Wildman–Crippen LogP) is 4.13. The zero-order valence-electron chi connectivity index (χ0n) is 17.8. The Morgan fingerprint density at radius 1 is 1.12 bits per heavy atom. The van der Waals surface area contributed by atoms with Crippen molar-refractivity contribution in [2.45, 2.75) is 90.3 Å². The van der Waals surface area contributed by atoms with Gasteiger partial charge in [0.25, 0.3) is 0 Å². The van der Waals surface area contributed by atoms with Crippen molar-refractivity contribution in [2.75, 3.05) is 19.7 Å². The van der Waals surface area contributed by atoms with Gasteiger partial charge in [0.1, 0.15) is 0 Å². The molecule has 0 aliphatic carbocycles. The molecule has 0 aromatic heterocycles.